The number of carbonyl (C=O) groups is 3. The molecule has 3 rings (SSSR count). The van der Waals surface area contributed by atoms with Crippen molar-refractivity contribution >= 4 is 35.6 Å². The summed E-state index contributed by atoms with van der Waals surface area (Å²) < 4.78 is 10.4. The van der Waals surface area contributed by atoms with E-state index in [4.69, 9.17) is 26.8 Å². The van der Waals surface area contributed by atoms with Crippen molar-refractivity contribution in [2.45, 2.75) is 19.3 Å². The summed E-state index contributed by atoms with van der Waals surface area (Å²) in [4.78, 5) is 34.8. The smallest absolute Gasteiger partial charge is 0.409 e. The van der Waals surface area contributed by atoms with Gasteiger partial charge in [-0.2, -0.15) is 0 Å². The standard InChI is InChI=1S/C25H23ClN2O5/c1-32-22-14-21(20(26)13-18(22)15-29)28-24(30)9-5-6-16-10-11-19(17-7-3-2-4-8-17)23(12-16)33-25(27)31/h2-4,7-8,10-15H,5-6,9H2,1H3,(H2,27,31)(H,28,30). The number of hydrogen-bond donors (Lipinski definition) is 2. The average molecular weight is 467 g/mol. The molecule has 0 aliphatic carbocycles. The molecule has 3 aromatic carbocycles. The second-order valence-electron chi connectivity index (χ2n) is 7.21. The van der Waals surface area contributed by atoms with Crippen molar-refractivity contribution in [3.63, 3.8) is 0 Å². The number of aldehydes is 1. The zero-order chi connectivity index (χ0) is 23.8. The maximum atomic E-state index is 12.4. The van der Waals surface area contributed by atoms with Gasteiger partial charge in [0.15, 0.2) is 6.29 Å². The Bertz CT molecular complexity index is 1160. The lowest BCUT2D eigenvalue weighted by Crippen LogP contribution is -2.17. The zero-order valence-electron chi connectivity index (χ0n) is 18.0. The Morgan fingerprint density at radius 2 is 1.82 bits per heavy atom. The van der Waals surface area contributed by atoms with Crippen LogP contribution in [0.5, 0.6) is 11.5 Å². The van der Waals surface area contributed by atoms with Crippen LogP contribution in [0.15, 0.2) is 60.7 Å². The molecule has 7 nitrogen and oxygen atoms in total. The highest BCUT2D eigenvalue weighted by molar-refractivity contribution is 6.34. The van der Waals surface area contributed by atoms with Crippen molar-refractivity contribution < 1.29 is 23.9 Å². The van der Waals surface area contributed by atoms with Crippen LogP contribution in [-0.2, 0) is 11.2 Å². The van der Waals surface area contributed by atoms with Gasteiger partial charge in [0, 0.05) is 18.1 Å². The molecule has 3 N–H and O–H groups in total. The summed E-state index contributed by atoms with van der Waals surface area (Å²) in [7, 11) is 1.43. The maximum Gasteiger partial charge on any atom is 0.409 e. The molecule has 2 amide bonds. The molecule has 3 aromatic rings. The van der Waals surface area contributed by atoms with E-state index in [9.17, 15) is 14.4 Å². The number of methoxy groups -OCH3 is 1. The van der Waals surface area contributed by atoms with E-state index in [1.165, 1.54) is 19.2 Å². The van der Waals surface area contributed by atoms with E-state index in [0.29, 0.717) is 41.9 Å². The zero-order valence-corrected chi connectivity index (χ0v) is 18.7. The number of aryl methyl sites for hydroxylation is 1. The molecule has 0 bridgehead atoms. The number of hydrogen-bond acceptors (Lipinski definition) is 5. The molecular weight excluding hydrogens is 444 g/mol. The molecule has 0 heterocycles. The van der Waals surface area contributed by atoms with Crippen LogP contribution in [0.25, 0.3) is 11.1 Å². The number of anilines is 1. The first-order valence-corrected chi connectivity index (χ1v) is 10.6. The Morgan fingerprint density at radius 1 is 1.06 bits per heavy atom. The molecule has 0 radical (unpaired) electrons. The van der Waals surface area contributed by atoms with Gasteiger partial charge in [-0.25, -0.2) is 4.79 Å². The van der Waals surface area contributed by atoms with Crippen molar-refractivity contribution in [3.05, 3.63) is 76.8 Å². The Labute approximate surface area is 196 Å². The quantitative estimate of drug-likeness (QED) is 0.419. The first-order valence-electron chi connectivity index (χ1n) is 10.2. The SMILES string of the molecule is COc1cc(NC(=O)CCCc2ccc(-c3ccccc3)c(OC(N)=O)c2)c(Cl)cc1C=O. The minimum Gasteiger partial charge on any atom is -0.496 e. The van der Waals surface area contributed by atoms with E-state index in [1.54, 1.807) is 6.07 Å². The Balaban J connectivity index is 1.65. The molecule has 0 fully saturated rings. The highest BCUT2D eigenvalue weighted by atomic mass is 35.5. The van der Waals surface area contributed by atoms with Crippen LogP contribution in [0.2, 0.25) is 5.02 Å². The topological polar surface area (TPSA) is 108 Å². The minimum absolute atomic E-state index is 0.229. The number of halogens is 1. The van der Waals surface area contributed by atoms with Crippen LogP contribution in [0.4, 0.5) is 10.5 Å². The molecule has 0 aliphatic rings. The largest absolute Gasteiger partial charge is 0.496 e. The third-order valence-electron chi connectivity index (χ3n) is 4.93. The van der Waals surface area contributed by atoms with Gasteiger partial charge in [0.1, 0.15) is 11.5 Å². The van der Waals surface area contributed by atoms with Gasteiger partial charge in [-0.3, -0.25) is 9.59 Å². The second-order valence-corrected chi connectivity index (χ2v) is 7.62. The van der Waals surface area contributed by atoms with Gasteiger partial charge in [-0.05, 0) is 36.1 Å². The molecule has 0 unspecified atom stereocenters. The number of carbonyl (C=O) groups excluding carboxylic acids is 3. The summed E-state index contributed by atoms with van der Waals surface area (Å²) in [5, 5.41) is 2.98. The number of nitrogens with two attached hydrogens (primary N) is 1. The van der Waals surface area contributed by atoms with Crippen LogP contribution >= 0.6 is 11.6 Å². The van der Waals surface area contributed by atoms with E-state index < -0.39 is 6.09 Å². The van der Waals surface area contributed by atoms with E-state index in [1.807, 2.05) is 42.5 Å². The van der Waals surface area contributed by atoms with Crippen molar-refractivity contribution in [1.82, 2.24) is 0 Å². The van der Waals surface area contributed by atoms with Gasteiger partial charge in [0.05, 0.1) is 23.4 Å². The minimum atomic E-state index is -0.892. The predicted molar refractivity (Wildman–Crippen MR) is 127 cm³/mol. The van der Waals surface area contributed by atoms with Crippen molar-refractivity contribution in [3.8, 4) is 22.6 Å². The monoisotopic (exact) mass is 466 g/mol. The molecule has 170 valence electrons. The van der Waals surface area contributed by atoms with Crippen LogP contribution in [0, 0.1) is 0 Å². The summed E-state index contributed by atoms with van der Waals surface area (Å²) in [6.07, 6.45) is 1.11. The summed E-state index contributed by atoms with van der Waals surface area (Å²) in [5.41, 5.74) is 8.44. The fraction of sp³-hybridized carbons (Fsp3) is 0.160. The van der Waals surface area contributed by atoms with E-state index in [0.717, 1.165) is 16.7 Å². The highest BCUT2D eigenvalue weighted by Gasteiger charge is 2.13. The summed E-state index contributed by atoms with van der Waals surface area (Å²) in [6, 6.07) is 18.0. The van der Waals surface area contributed by atoms with E-state index in [2.05, 4.69) is 5.32 Å². The van der Waals surface area contributed by atoms with E-state index in [-0.39, 0.29) is 17.4 Å². The molecule has 0 aromatic heterocycles. The van der Waals surface area contributed by atoms with Crippen molar-refractivity contribution in [2.24, 2.45) is 5.73 Å². The second kappa shape index (κ2) is 11.2. The highest BCUT2D eigenvalue weighted by Crippen LogP contribution is 2.32. The summed E-state index contributed by atoms with van der Waals surface area (Å²) >= 11 is 6.15. The fourth-order valence-electron chi connectivity index (χ4n) is 3.37. The van der Waals surface area contributed by atoms with Gasteiger partial charge >= 0.3 is 6.09 Å². The number of ether oxygens (including phenoxy) is 2. The first kappa shape index (κ1) is 23.8. The number of rotatable bonds is 9. The van der Waals surface area contributed by atoms with Crippen molar-refractivity contribution in [1.29, 1.82) is 0 Å². The average Bonchev–Trinajstić information content (AvgIpc) is 2.80. The number of amides is 2. The molecule has 0 saturated carbocycles. The lowest BCUT2D eigenvalue weighted by Gasteiger charge is -2.12. The molecule has 0 atom stereocenters. The number of primary amides is 1. The van der Waals surface area contributed by atoms with Gasteiger partial charge in [0.25, 0.3) is 0 Å². The van der Waals surface area contributed by atoms with Crippen LogP contribution < -0.4 is 20.5 Å². The van der Waals surface area contributed by atoms with Crippen LogP contribution in [-0.4, -0.2) is 25.4 Å². The number of nitrogens with one attached hydrogen (secondary N) is 1. The molecule has 0 saturated heterocycles. The van der Waals surface area contributed by atoms with Crippen molar-refractivity contribution in [2.75, 3.05) is 12.4 Å². The summed E-state index contributed by atoms with van der Waals surface area (Å²) in [5.74, 6) is 0.460. The van der Waals surface area contributed by atoms with Crippen LogP contribution in [0.1, 0.15) is 28.8 Å². The van der Waals surface area contributed by atoms with Gasteiger partial charge < -0.3 is 20.5 Å². The van der Waals surface area contributed by atoms with Gasteiger partial charge in [0.2, 0.25) is 5.91 Å². The Hall–Kier alpha value is -3.84. The molecular formula is C25H23ClN2O5. The van der Waals surface area contributed by atoms with E-state index >= 15 is 0 Å². The molecule has 8 heteroatoms. The van der Waals surface area contributed by atoms with Gasteiger partial charge in [-0.1, -0.05) is 54.1 Å². The first-order chi connectivity index (χ1) is 15.9. The normalized spacial score (nSPS) is 10.4. The number of benzene rings is 3. The predicted octanol–water partition coefficient (Wildman–Crippen LogP) is 5.25. The Morgan fingerprint density at radius 3 is 2.48 bits per heavy atom. The molecule has 0 aliphatic heterocycles. The maximum absolute atomic E-state index is 12.4. The molecule has 0 spiro atoms. The lowest BCUT2D eigenvalue weighted by molar-refractivity contribution is -0.116. The fourth-order valence-corrected chi connectivity index (χ4v) is 3.59. The third-order valence-corrected chi connectivity index (χ3v) is 5.24. The Kier molecular flexibility index (Phi) is 8.05. The summed E-state index contributed by atoms with van der Waals surface area (Å²) in [6.45, 7) is 0. The molecule has 33 heavy (non-hydrogen) atoms. The lowest BCUT2D eigenvalue weighted by atomic mass is 10.00. The third kappa shape index (κ3) is 6.33. The van der Waals surface area contributed by atoms with Gasteiger partial charge in [-0.15, -0.1) is 0 Å². The van der Waals surface area contributed by atoms with Crippen LogP contribution in [0.3, 0.4) is 0 Å².